The number of aromatic nitrogens is 3. The SMILES string of the molecule is CCC#Cc1nc(CCCCC)nn1Cc1ccc(-c2ccccc2C(=O)O)cc1. The first-order chi connectivity index (χ1) is 14.6. The first kappa shape index (κ1) is 21.3. The van der Waals surface area contributed by atoms with E-state index < -0.39 is 5.97 Å². The Bertz CT molecular complexity index is 1060. The van der Waals surface area contributed by atoms with E-state index in [4.69, 9.17) is 0 Å². The van der Waals surface area contributed by atoms with Crippen LogP contribution in [-0.4, -0.2) is 25.8 Å². The summed E-state index contributed by atoms with van der Waals surface area (Å²) in [6.45, 7) is 4.78. The van der Waals surface area contributed by atoms with Crippen LogP contribution in [0.2, 0.25) is 0 Å². The maximum absolute atomic E-state index is 11.5. The summed E-state index contributed by atoms with van der Waals surface area (Å²) in [7, 11) is 0. The third kappa shape index (κ3) is 5.36. The van der Waals surface area contributed by atoms with Crippen LogP contribution >= 0.6 is 0 Å². The van der Waals surface area contributed by atoms with Crippen molar-refractivity contribution >= 4 is 5.97 Å². The molecule has 0 radical (unpaired) electrons. The maximum atomic E-state index is 11.5. The zero-order valence-corrected chi connectivity index (χ0v) is 17.6. The molecule has 1 aromatic heterocycles. The van der Waals surface area contributed by atoms with Gasteiger partial charge in [0.15, 0.2) is 5.82 Å². The molecule has 3 rings (SSSR count). The second-order valence-electron chi connectivity index (χ2n) is 7.17. The summed E-state index contributed by atoms with van der Waals surface area (Å²) in [5, 5.41) is 14.1. The number of carbonyl (C=O) groups is 1. The van der Waals surface area contributed by atoms with Crippen LogP contribution in [0.1, 0.15) is 67.1 Å². The van der Waals surface area contributed by atoms with E-state index in [9.17, 15) is 9.90 Å². The van der Waals surface area contributed by atoms with Crippen molar-refractivity contribution in [3.8, 4) is 23.0 Å². The quantitative estimate of drug-likeness (QED) is 0.417. The van der Waals surface area contributed by atoms with Crippen molar-refractivity contribution in [1.82, 2.24) is 14.8 Å². The molecule has 0 fully saturated rings. The highest BCUT2D eigenvalue weighted by Crippen LogP contribution is 2.24. The van der Waals surface area contributed by atoms with Crippen LogP contribution in [0.3, 0.4) is 0 Å². The average molecular weight is 402 g/mol. The Balaban J connectivity index is 1.82. The first-order valence-electron chi connectivity index (χ1n) is 10.5. The lowest BCUT2D eigenvalue weighted by molar-refractivity contribution is 0.0697. The first-order valence-corrected chi connectivity index (χ1v) is 10.5. The number of hydrogen-bond donors (Lipinski definition) is 1. The van der Waals surface area contributed by atoms with E-state index in [0.717, 1.165) is 36.2 Å². The highest BCUT2D eigenvalue weighted by atomic mass is 16.4. The van der Waals surface area contributed by atoms with Gasteiger partial charge in [0, 0.05) is 12.8 Å². The molecule has 154 valence electrons. The molecule has 0 spiro atoms. The third-order valence-electron chi connectivity index (χ3n) is 4.85. The minimum atomic E-state index is -0.924. The summed E-state index contributed by atoms with van der Waals surface area (Å²) >= 11 is 0. The molecule has 1 N–H and O–H groups in total. The van der Waals surface area contributed by atoms with Gasteiger partial charge in [-0.3, -0.25) is 0 Å². The van der Waals surface area contributed by atoms with E-state index in [0.29, 0.717) is 23.5 Å². The van der Waals surface area contributed by atoms with E-state index in [1.165, 1.54) is 12.8 Å². The van der Waals surface area contributed by atoms with Gasteiger partial charge in [0.1, 0.15) is 0 Å². The molecule has 0 bridgehead atoms. The van der Waals surface area contributed by atoms with Gasteiger partial charge in [0.05, 0.1) is 12.1 Å². The van der Waals surface area contributed by atoms with Crippen molar-refractivity contribution in [2.45, 2.75) is 52.5 Å². The minimum absolute atomic E-state index is 0.301. The molecule has 3 aromatic rings. The maximum Gasteiger partial charge on any atom is 0.336 e. The number of carboxylic acid groups (broad SMARTS) is 1. The predicted octanol–water partition coefficient (Wildman–Crippen LogP) is 5.19. The van der Waals surface area contributed by atoms with Crippen LogP contribution in [0.5, 0.6) is 0 Å². The Morgan fingerprint density at radius 2 is 1.83 bits per heavy atom. The summed E-state index contributed by atoms with van der Waals surface area (Å²) in [5.74, 6) is 6.83. The molecule has 1 heterocycles. The topological polar surface area (TPSA) is 68.0 Å². The summed E-state index contributed by atoms with van der Waals surface area (Å²) in [4.78, 5) is 16.1. The molecule has 5 heteroatoms. The number of hydrogen-bond acceptors (Lipinski definition) is 3. The smallest absolute Gasteiger partial charge is 0.336 e. The molecule has 0 atom stereocenters. The zero-order valence-electron chi connectivity index (χ0n) is 17.6. The van der Waals surface area contributed by atoms with Gasteiger partial charge in [-0.25, -0.2) is 14.5 Å². The largest absolute Gasteiger partial charge is 0.478 e. The Morgan fingerprint density at radius 3 is 2.53 bits per heavy atom. The number of unbranched alkanes of at least 4 members (excludes halogenated alkanes) is 2. The Kier molecular flexibility index (Phi) is 7.40. The summed E-state index contributed by atoms with van der Waals surface area (Å²) < 4.78 is 1.87. The standard InChI is InChI=1S/C25H27N3O2/c1-3-5-7-12-23-26-24(13-6-4-2)28(27-23)18-19-14-16-20(17-15-19)21-10-8-9-11-22(21)25(29)30/h8-11,14-17H,3-5,7,12,18H2,1-2H3,(H,29,30). The summed E-state index contributed by atoms with van der Waals surface area (Å²) in [5.41, 5.74) is 2.96. The van der Waals surface area contributed by atoms with Crippen LogP contribution in [0.25, 0.3) is 11.1 Å². The molecule has 0 aliphatic heterocycles. The van der Waals surface area contributed by atoms with E-state index in [-0.39, 0.29) is 0 Å². The molecular formula is C25H27N3O2. The van der Waals surface area contributed by atoms with Gasteiger partial charge in [-0.15, -0.1) is 0 Å². The fraction of sp³-hybridized carbons (Fsp3) is 0.320. The van der Waals surface area contributed by atoms with Gasteiger partial charge in [0.2, 0.25) is 5.82 Å². The Labute approximate surface area is 177 Å². The number of benzene rings is 2. The third-order valence-corrected chi connectivity index (χ3v) is 4.85. The van der Waals surface area contributed by atoms with Crippen molar-refractivity contribution in [3.05, 3.63) is 71.3 Å². The molecule has 0 amide bonds. The van der Waals surface area contributed by atoms with Crippen LogP contribution < -0.4 is 0 Å². The van der Waals surface area contributed by atoms with Crippen LogP contribution in [0.15, 0.2) is 48.5 Å². The lowest BCUT2D eigenvalue weighted by Crippen LogP contribution is -2.05. The lowest BCUT2D eigenvalue weighted by Gasteiger charge is -2.08. The van der Waals surface area contributed by atoms with Crippen molar-refractivity contribution < 1.29 is 9.90 Å². The van der Waals surface area contributed by atoms with Crippen molar-refractivity contribution in [2.75, 3.05) is 0 Å². The number of nitrogens with zero attached hydrogens (tertiary/aromatic N) is 3. The van der Waals surface area contributed by atoms with E-state index in [2.05, 4.69) is 28.8 Å². The fourth-order valence-electron chi connectivity index (χ4n) is 3.28. The van der Waals surface area contributed by atoms with E-state index in [1.807, 2.05) is 48.0 Å². The average Bonchev–Trinajstić information content (AvgIpc) is 3.14. The molecule has 5 nitrogen and oxygen atoms in total. The van der Waals surface area contributed by atoms with Gasteiger partial charge in [0.25, 0.3) is 0 Å². The van der Waals surface area contributed by atoms with Crippen molar-refractivity contribution in [1.29, 1.82) is 0 Å². The van der Waals surface area contributed by atoms with Crippen LogP contribution in [0, 0.1) is 11.8 Å². The molecular weight excluding hydrogens is 374 g/mol. The predicted molar refractivity (Wildman–Crippen MR) is 118 cm³/mol. The second kappa shape index (κ2) is 10.4. The van der Waals surface area contributed by atoms with Crippen molar-refractivity contribution in [2.24, 2.45) is 0 Å². The Morgan fingerprint density at radius 1 is 1.07 bits per heavy atom. The van der Waals surface area contributed by atoms with Gasteiger partial charge >= 0.3 is 5.97 Å². The summed E-state index contributed by atoms with van der Waals surface area (Å²) in [6.07, 6.45) is 5.06. The zero-order chi connectivity index (χ0) is 21.3. The van der Waals surface area contributed by atoms with Crippen molar-refractivity contribution in [3.63, 3.8) is 0 Å². The fourth-order valence-corrected chi connectivity index (χ4v) is 3.28. The van der Waals surface area contributed by atoms with Gasteiger partial charge in [-0.05, 0) is 35.1 Å². The summed E-state index contributed by atoms with van der Waals surface area (Å²) in [6, 6.07) is 15.0. The second-order valence-corrected chi connectivity index (χ2v) is 7.17. The molecule has 0 aliphatic rings. The lowest BCUT2D eigenvalue weighted by atomic mass is 9.99. The normalized spacial score (nSPS) is 10.5. The molecule has 0 saturated carbocycles. The Hall–Kier alpha value is -3.39. The van der Waals surface area contributed by atoms with E-state index >= 15 is 0 Å². The van der Waals surface area contributed by atoms with Gasteiger partial charge in [-0.2, -0.15) is 5.10 Å². The molecule has 0 aliphatic carbocycles. The number of aryl methyl sites for hydroxylation is 1. The number of rotatable bonds is 8. The number of carboxylic acids is 1. The highest BCUT2D eigenvalue weighted by molar-refractivity contribution is 5.95. The van der Waals surface area contributed by atoms with Gasteiger partial charge < -0.3 is 5.11 Å². The molecule has 2 aromatic carbocycles. The minimum Gasteiger partial charge on any atom is -0.478 e. The van der Waals surface area contributed by atoms with Gasteiger partial charge in [-0.1, -0.05) is 75.1 Å². The molecule has 0 unspecified atom stereocenters. The highest BCUT2D eigenvalue weighted by Gasteiger charge is 2.12. The number of aromatic carboxylic acids is 1. The van der Waals surface area contributed by atoms with E-state index in [1.54, 1.807) is 12.1 Å². The molecule has 0 saturated heterocycles. The monoisotopic (exact) mass is 401 g/mol. The van der Waals surface area contributed by atoms with Crippen LogP contribution in [0.4, 0.5) is 0 Å². The molecule has 30 heavy (non-hydrogen) atoms. The van der Waals surface area contributed by atoms with Crippen LogP contribution in [-0.2, 0) is 13.0 Å².